The lowest BCUT2D eigenvalue weighted by Gasteiger charge is -2.57. The van der Waals surface area contributed by atoms with Gasteiger partial charge in [0.2, 0.25) is 5.91 Å². The van der Waals surface area contributed by atoms with Crippen molar-refractivity contribution in [2.45, 2.75) is 57.3 Å². The summed E-state index contributed by atoms with van der Waals surface area (Å²) < 4.78 is 0. The predicted molar refractivity (Wildman–Crippen MR) is 105 cm³/mol. The van der Waals surface area contributed by atoms with E-state index in [1.165, 1.54) is 49.5 Å². The molecule has 1 aliphatic heterocycles. The number of hydrogen-bond donors (Lipinski definition) is 1. The Kier molecular flexibility index (Phi) is 3.48. The van der Waals surface area contributed by atoms with Crippen LogP contribution in [-0.4, -0.2) is 33.9 Å². The highest BCUT2D eigenvalue weighted by Crippen LogP contribution is 2.60. The largest absolute Gasteiger partial charge is 0.346 e. The monoisotopic (exact) mass is 363 g/mol. The highest BCUT2D eigenvalue weighted by Gasteiger charge is 2.55. The zero-order valence-corrected chi connectivity index (χ0v) is 16.0. The maximum atomic E-state index is 13.6. The van der Waals surface area contributed by atoms with Gasteiger partial charge in [-0.1, -0.05) is 0 Å². The Morgan fingerprint density at radius 3 is 2.41 bits per heavy atom. The molecular formula is C23H29N3O. The molecule has 0 atom stereocenters. The van der Waals surface area contributed by atoms with Crippen LogP contribution in [0.3, 0.4) is 0 Å². The summed E-state index contributed by atoms with van der Waals surface area (Å²) in [7, 11) is 0. The van der Waals surface area contributed by atoms with Gasteiger partial charge < -0.3 is 9.88 Å². The van der Waals surface area contributed by atoms with Crippen molar-refractivity contribution in [2.75, 3.05) is 13.1 Å². The molecule has 0 spiro atoms. The van der Waals surface area contributed by atoms with E-state index in [0.29, 0.717) is 11.8 Å². The number of amides is 1. The van der Waals surface area contributed by atoms with Crippen molar-refractivity contribution in [1.29, 1.82) is 0 Å². The maximum Gasteiger partial charge on any atom is 0.228 e. The molecule has 4 nitrogen and oxygen atoms in total. The lowest BCUT2D eigenvalue weighted by atomic mass is 9.49. The van der Waals surface area contributed by atoms with Crippen molar-refractivity contribution >= 4 is 16.9 Å². The molecule has 0 aromatic carbocycles. The molecule has 142 valence electrons. The van der Waals surface area contributed by atoms with Gasteiger partial charge in [0.15, 0.2) is 0 Å². The molecule has 5 fully saturated rings. The number of H-pyrrole nitrogens is 1. The maximum absolute atomic E-state index is 13.6. The molecule has 5 aliphatic rings. The second kappa shape index (κ2) is 5.83. The highest BCUT2D eigenvalue weighted by molar-refractivity contribution is 5.84. The fourth-order valence-corrected chi connectivity index (χ4v) is 7.42. The fourth-order valence-electron chi connectivity index (χ4n) is 7.42. The number of likely N-dealkylation sites (tertiary alicyclic amines) is 1. The SMILES string of the molecule is O=C(N1CCC(c2c[nH]c3ncccc23)CC1)C12CC3CC(CC(C3)C1)C2. The molecule has 0 radical (unpaired) electrons. The minimum Gasteiger partial charge on any atom is -0.346 e. The van der Waals surface area contributed by atoms with E-state index in [0.717, 1.165) is 49.3 Å². The number of carbonyl (C=O) groups excluding carboxylic acids is 1. The summed E-state index contributed by atoms with van der Waals surface area (Å²) in [5, 5.41) is 1.25. The third kappa shape index (κ3) is 2.48. The minimum atomic E-state index is 0.0201. The molecule has 1 N–H and O–H groups in total. The molecule has 1 saturated heterocycles. The third-order valence-corrected chi connectivity index (χ3v) is 8.20. The number of aromatic nitrogens is 2. The number of carbonyl (C=O) groups is 1. The van der Waals surface area contributed by atoms with Crippen LogP contribution in [0, 0.1) is 23.2 Å². The number of hydrogen-bond acceptors (Lipinski definition) is 2. The van der Waals surface area contributed by atoms with E-state index in [-0.39, 0.29) is 5.41 Å². The summed E-state index contributed by atoms with van der Waals surface area (Å²) >= 11 is 0. The average Bonchev–Trinajstić information content (AvgIpc) is 3.11. The van der Waals surface area contributed by atoms with Gasteiger partial charge in [0, 0.05) is 30.9 Å². The minimum absolute atomic E-state index is 0.0201. The van der Waals surface area contributed by atoms with Crippen LogP contribution in [0.5, 0.6) is 0 Å². The van der Waals surface area contributed by atoms with Crippen molar-refractivity contribution in [2.24, 2.45) is 23.2 Å². The van der Waals surface area contributed by atoms with Crippen LogP contribution in [0.1, 0.15) is 62.8 Å². The lowest BCUT2D eigenvalue weighted by molar-refractivity contribution is -0.158. The van der Waals surface area contributed by atoms with Gasteiger partial charge in [-0.15, -0.1) is 0 Å². The molecule has 4 saturated carbocycles. The van der Waals surface area contributed by atoms with Crippen molar-refractivity contribution in [1.82, 2.24) is 14.9 Å². The van der Waals surface area contributed by atoms with E-state index in [1.807, 2.05) is 12.3 Å². The van der Waals surface area contributed by atoms with Crippen LogP contribution < -0.4 is 0 Å². The molecule has 3 heterocycles. The van der Waals surface area contributed by atoms with E-state index < -0.39 is 0 Å². The normalized spacial score (nSPS) is 35.9. The number of nitrogens with zero attached hydrogens (tertiary/aromatic N) is 2. The van der Waals surface area contributed by atoms with Gasteiger partial charge in [0.25, 0.3) is 0 Å². The summed E-state index contributed by atoms with van der Waals surface area (Å²) in [6.07, 6.45) is 13.9. The Balaban J connectivity index is 1.18. The summed E-state index contributed by atoms with van der Waals surface area (Å²) in [5.74, 6) is 3.59. The second-order valence-electron chi connectivity index (χ2n) is 9.91. The molecule has 4 heteroatoms. The fraction of sp³-hybridized carbons (Fsp3) is 0.652. The summed E-state index contributed by atoms with van der Waals surface area (Å²) in [6, 6.07) is 4.19. The van der Waals surface area contributed by atoms with Crippen molar-refractivity contribution in [3.63, 3.8) is 0 Å². The van der Waals surface area contributed by atoms with Gasteiger partial charge in [0.1, 0.15) is 5.65 Å². The van der Waals surface area contributed by atoms with Crippen molar-refractivity contribution in [3.05, 3.63) is 30.1 Å². The molecule has 2 aromatic heterocycles. The Hall–Kier alpha value is -1.84. The van der Waals surface area contributed by atoms with Gasteiger partial charge in [-0.2, -0.15) is 0 Å². The molecule has 4 bridgehead atoms. The van der Waals surface area contributed by atoms with Crippen LogP contribution in [0.15, 0.2) is 24.5 Å². The molecule has 0 unspecified atom stereocenters. The number of nitrogens with one attached hydrogen (secondary N) is 1. The first kappa shape index (κ1) is 16.1. The first-order valence-corrected chi connectivity index (χ1v) is 10.9. The molecule has 27 heavy (non-hydrogen) atoms. The zero-order valence-electron chi connectivity index (χ0n) is 16.0. The van der Waals surface area contributed by atoms with Gasteiger partial charge in [0.05, 0.1) is 5.41 Å². The van der Waals surface area contributed by atoms with Gasteiger partial charge in [-0.25, -0.2) is 4.98 Å². The van der Waals surface area contributed by atoms with Crippen LogP contribution in [0.4, 0.5) is 0 Å². The van der Waals surface area contributed by atoms with Crippen LogP contribution >= 0.6 is 0 Å². The van der Waals surface area contributed by atoms with Crippen LogP contribution in [-0.2, 0) is 4.79 Å². The van der Waals surface area contributed by atoms with Gasteiger partial charge in [-0.05, 0) is 92.7 Å². The van der Waals surface area contributed by atoms with E-state index in [9.17, 15) is 4.79 Å². The molecule has 4 aliphatic carbocycles. The summed E-state index contributed by atoms with van der Waals surface area (Å²) in [5.41, 5.74) is 2.39. The average molecular weight is 364 g/mol. The third-order valence-electron chi connectivity index (χ3n) is 8.20. The van der Waals surface area contributed by atoms with E-state index in [2.05, 4.69) is 27.1 Å². The topological polar surface area (TPSA) is 49.0 Å². The quantitative estimate of drug-likeness (QED) is 0.855. The van der Waals surface area contributed by atoms with Crippen LogP contribution in [0.25, 0.3) is 11.0 Å². The number of pyridine rings is 1. The Labute approximate surface area is 160 Å². The first-order valence-electron chi connectivity index (χ1n) is 10.9. The molecule has 1 amide bonds. The number of aromatic amines is 1. The Bertz CT molecular complexity index is 841. The van der Waals surface area contributed by atoms with Gasteiger partial charge in [-0.3, -0.25) is 4.79 Å². The van der Waals surface area contributed by atoms with Crippen LogP contribution in [0.2, 0.25) is 0 Å². The van der Waals surface area contributed by atoms with E-state index in [1.54, 1.807) is 0 Å². The zero-order chi connectivity index (χ0) is 18.0. The van der Waals surface area contributed by atoms with Crippen molar-refractivity contribution < 1.29 is 4.79 Å². The summed E-state index contributed by atoms with van der Waals surface area (Å²) in [6.45, 7) is 1.86. The van der Waals surface area contributed by atoms with E-state index >= 15 is 0 Å². The number of piperidine rings is 1. The highest BCUT2D eigenvalue weighted by atomic mass is 16.2. The number of rotatable bonds is 2. The smallest absolute Gasteiger partial charge is 0.228 e. The Morgan fingerprint density at radius 1 is 1.07 bits per heavy atom. The first-order chi connectivity index (χ1) is 13.2. The summed E-state index contributed by atoms with van der Waals surface area (Å²) in [4.78, 5) is 23.5. The predicted octanol–water partition coefficient (Wildman–Crippen LogP) is 4.49. The van der Waals surface area contributed by atoms with Crippen molar-refractivity contribution in [3.8, 4) is 0 Å². The lowest BCUT2D eigenvalue weighted by Crippen LogP contribution is -2.55. The number of fused-ring (bicyclic) bond motifs is 1. The standard InChI is InChI=1S/C23H29N3O/c27-22(23-11-15-8-16(12-23)10-17(9-15)13-23)26-6-3-18(4-7-26)20-14-25-21-19(20)2-1-5-24-21/h1-2,5,14-18H,3-4,6-13H2,(H,24,25). The molecule has 2 aromatic rings. The molecule has 7 rings (SSSR count). The second-order valence-corrected chi connectivity index (χ2v) is 9.91. The van der Waals surface area contributed by atoms with Gasteiger partial charge >= 0.3 is 0 Å². The van der Waals surface area contributed by atoms with E-state index in [4.69, 9.17) is 0 Å². The Morgan fingerprint density at radius 2 is 1.74 bits per heavy atom. The molecular weight excluding hydrogens is 334 g/mol.